The number of aromatic nitrogens is 1. The van der Waals surface area contributed by atoms with Gasteiger partial charge in [0, 0.05) is 6.54 Å². The van der Waals surface area contributed by atoms with E-state index in [0.29, 0.717) is 18.7 Å². The minimum absolute atomic E-state index is 0.208. The van der Waals surface area contributed by atoms with Crippen LogP contribution in [0.25, 0.3) is 0 Å². The van der Waals surface area contributed by atoms with E-state index in [1.807, 2.05) is 24.3 Å². The summed E-state index contributed by atoms with van der Waals surface area (Å²) in [6, 6.07) is 14.2. The summed E-state index contributed by atoms with van der Waals surface area (Å²) in [6.07, 6.45) is 1.96. The summed E-state index contributed by atoms with van der Waals surface area (Å²) in [4.78, 5) is 16.3. The molecule has 28 heavy (non-hydrogen) atoms. The third kappa shape index (κ3) is 4.62. The Morgan fingerprint density at radius 1 is 1.04 bits per heavy atom. The molecule has 1 heterocycles. The van der Waals surface area contributed by atoms with E-state index in [9.17, 15) is 13.6 Å². The molecule has 2 aromatic carbocycles. The quantitative estimate of drug-likeness (QED) is 0.645. The molecule has 0 spiro atoms. The zero-order valence-corrected chi connectivity index (χ0v) is 15.2. The molecular weight excluding hydrogens is 364 g/mol. The second kappa shape index (κ2) is 8.94. The number of rotatable bonds is 7. The summed E-state index contributed by atoms with van der Waals surface area (Å²) >= 11 is 0. The number of para-hydroxylation sites is 2. The number of halogens is 2. The number of methoxy groups -OCH3 is 1. The van der Waals surface area contributed by atoms with Gasteiger partial charge in [0.25, 0.3) is 5.91 Å². The lowest BCUT2D eigenvalue weighted by Gasteiger charge is -2.10. The van der Waals surface area contributed by atoms with Crippen molar-refractivity contribution < 1.29 is 18.3 Å². The number of pyridine rings is 1. The fourth-order valence-electron chi connectivity index (χ4n) is 2.67. The summed E-state index contributed by atoms with van der Waals surface area (Å²) in [5.74, 6) is -0.986. The van der Waals surface area contributed by atoms with Crippen molar-refractivity contribution in [1.29, 1.82) is 0 Å². The Balaban J connectivity index is 1.58. The number of nitrogens with one attached hydrogen (secondary N) is 2. The molecule has 0 unspecified atom stereocenters. The van der Waals surface area contributed by atoms with E-state index < -0.39 is 11.6 Å². The van der Waals surface area contributed by atoms with Gasteiger partial charge in [-0.2, -0.15) is 0 Å². The van der Waals surface area contributed by atoms with Crippen molar-refractivity contribution in [2.24, 2.45) is 0 Å². The highest BCUT2D eigenvalue weighted by molar-refractivity contribution is 5.92. The second-order valence-electron chi connectivity index (χ2n) is 5.97. The molecule has 0 aliphatic carbocycles. The van der Waals surface area contributed by atoms with Crippen molar-refractivity contribution in [1.82, 2.24) is 10.3 Å². The van der Waals surface area contributed by atoms with Gasteiger partial charge in [-0.25, -0.2) is 13.8 Å². The van der Waals surface area contributed by atoms with Crippen LogP contribution in [0.5, 0.6) is 5.75 Å². The van der Waals surface area contributed by atoms with Crippen LogP contribution < -0.4 is 15.4 Å². The Hall–Kier alpha value is -3.48. The summed E-state index contributed by atoms with van der Waals surface area (Å²) in [6.45, 7) is 0.418. The van der Waals surface area contributed by atoms with Crippen molar-refractivity contribution in [2.45, 2.75) is 6.42 Å². The Bertz CT molecular complexity index is 942. The largest absolute Gasteiger partial charge is 0.496 e. The number of anilines is 2. The third-order valence-corrected chi connectivity index (χ3v) is 4.10. The minimum atomic E-state index is -0.710. The molecule has 7 heteroatoms. The first-order chi connectivity index (χ1) is 13.6. The molecule has 5 nitrogen and oxygen atoms in total. The lowest BCUT2D eigenvalue weighted by atomic mass is 10.1. The molecule has 1 amide bonds. The van der Waals surface area contributed by atoms with Crippen LogP contribution in [0.4, 0.5) is 20.2 Å². The zero-order valence-electron chi connectivity index (χ0n) is 15.2. The smallest absolute Gasteiger partial charge is 0.269 e. The summed E-state index contributed by atoms with van der Waals surface area (Å²) in [5, 5.41) is 5.41. The summed E-state index contributed by atoms with van der Waals surface area (Å²) in [5.41, 5.74) is 1.30. The van der Waals surface area contributed by atoms with Gasteiger partial charge in [-0.1, -0.05) is 24.3 Å². The maximum absolute atomic E-state index is 13.7. The van der Waals surface area contributed by atoms with Crippen LogP contribution in [-0.2, 0) is 6.42 Å². The van der Waals surface area contributed by atoms with Crippen molar-refractivity contribution in [3.63, 3.8) is 0 Å². The van der Waals surface area contributed by atoms with Crippen molar-refractivity contribution in [3.05, 3.63) is 83.7 Å². The molecule has 0 saturated heterocycles. The van der Waals surface area contributed by atoms with E-state index in [1.165, 1.54) is 24.4 Å². The highest BCUT2D eigenvalue weighted by atomic mass is 19.1. The molecule has 1 aromatic heterocycles. The van der Waals surface area contributed by atoms with Gasteiger partial charge in [0.05, 0.1) is 19.0 Å². The number of hydrogen-bond acceptors (Lipinski definition) is 4. The number of carbonyl (C=O) groups excluding carboxylic acids is 1. The van der Waals surface area contributed by atoms with E-state index in [-0.39, 0.29) is 17.3 Å². The van der Waals surface area contributed by atoms with E-state index >= 15 is 0 Å². The lowest BCUT2D eigenvalue weighted by Crippen LogP contribution is -2.26. The molecule has 0 aliphatic rings. The van der Waals surface area contributed by atoms with E-state index in [0.717, 1.165) is 23.4 Å². The number of nitrogens with zero attached hydrogens (tertiary/aromatic N) is 1. The van der Waals surface area contributed by atoms with Gasteiger partial charge in [0.2, 0.25) is 0 Å². The average molecular weight is 383 g/mol. The molecule has 0 atom stereocenters. The molecule has 3 aromatic rings. The maximum atomic E-state index is 13.7. The predicted octanol–water partition coefficient (Wildman–Crippen LogP) is 4.08. The van der Waals surface area contributed by atoms with Crippen LogP contribution in [0, 0.1) is 11.6 Å². The average Bonchev–Trinajstić information content (AvgIpc) is 2.71. The fourth-order valence-corrected chi connectivity index (χ4v) is 2.67. The lowest BCUT2D eigenvalue weighted by molar-refractivity contribution is 0.0949. The van der Waals surface area contributed by atoms with Crippen LogP contribution >= 0.6 is 0 Å². The minimum Gasteiger partial charge on any atom is -0.496 e. The number of hydrogen-bond donors (Lipinski definition) is 2. The van der Waals surface area contributed by atoms with Crippen molar-refractivity contribution in [3.8, 4) is 5.75 Å². The number of carbonyl (C=O) groups is 1. The molecular formula is C21H19F2N3O2. The maximum Gasteiger partial charge on any atom is 0.269 e. The van der Waals surface area contributed by atoms with Crippen LogP contribution in [0.2, 0.25) is 0 Å². The van der Waals surface area contributed by atoms with Gasteiger partial charge >= 0.3 is 0 Å². The second-order valence-corrected chi connectivity index (χ2v) is 5.97. The first-order valence-corrected chi connectivity index (χ1v) is 8.65. The monoisotopic (exact) mass is 383 g/mol. The van der Waals surface area contributed by atoms with Gasteiger partial charge in [-0.15, -0.1) is 0 Å². The van der Waals surface area contributed by atoms with Gasteiger partial charge in [-0.05, 0) is 42.3 Å². The van der Waals surface area contributed by atoms with Crippen molar-refractivity contribution in [2.75, 3.05) is 19.0 Å². The number of benzene rings is 2. The van der Waals surface area contributed by atoms with Crippen LogP contribution in [0.3, 0.4) is 0 Å². The van der Waals surface area contributed by atoms with Crippen LogP contribution in [0.1, 0.15) is 16.1 Å². The van der Waals surface area contributed by atoms with Crippen LogP contribution in [0.15, 0.2) is 60.8 Å². The Kier molecular flexibility index (Phi) is 6.16. The fraction of sp³-hybridized carbons (Fsp3) is 0.143. The summed E-state index contributed by atoms with van der Waals surface area (Å²) in [7, 11) is 1.60. The first kappa shape index (κ1) is 19.3. The first-order valence-electron chi connectivity index (χ1n) is 8.65. The number of amides is 1. The van der Waals surface area contributed by atoms with Crippen molar-refractivity contribution >= 4 is 17.3 Å². The summed E-state index contributed by atoms with van der Waals surface area (Å²) < 4.78 is 32.6. The standard InChI is InChI=1S/C21H19F2N3O2/c1-28-19-8-3-2-5-14(19)11-12-24-21(27)18-10-9-15(13-25-18)26-20-16(22)6-4-7-17(20)23/h2-10,13,26H,11-12H2,1H3,(H,24,27). The molecule has 0 aliphatic heterocycles. The predicted molar refractivity (Wildman–Crippen MR) is 103 cm³/mol. The normalized spacial score (nSPS) is 10.4. The van der Waals surface area contributed by atoms with E-state index in [1.54, 1.807) is 7.11 Å². The molecule has 0 bridgehead atoms. The molecule has 0 saturated carbocycles. The zero-order chi connectivity index (χ0) is 19.9. The highest BCUT2D eigenvalue weighted by Crippen LogP contribution is 2.22. The SMILES string of the molecule is COc1ccccc1CCNC(=O)c1ccc(Nc2c(F)cccc2F)cn1. The Morgan fingerprint density at radius 3 is 2.46 bits per heavy atom. The highest BCUT2D eigenvalue weighted by Gasteiger charge is 2.11. The van der Waals surface area contributed by atoms with Gasteiger partial charge in [0.1, 0.15) is 28.8 Å². The Morgan fingerprint density at radius 2 is 1.79 bits per heavy atom. The Labute approximate surface area is 161 Å². The van der Waals surface area contributed by atoms with Gasteiger partial charge < -0.3 is 15.4 Å². The van der Waals surface area contributed by atoms with Gasteiger partial charge in [-0.3, -0.25) is 4.79 Å². The molecule has 2 N–H and O–H groups in total. The molecule has 3 rings (SSSR count). The van der Waals surface area contributed by atoms with E-state index in [2.05, 4.69) is 15.6 Å². The number of ether oxygens (including phenoxy) is 1. The van der Waals surface area contributed by atoms with Crippen LogP contribution in [-0.4, -0.2) is 24.5 Å². The molecule has 0 fully saturated rings. The topological polar surface area (TPSA) is 63.2 Å². The van der Waals surface area contributed by atoms with E-state index in [4.69, 9.17) is 4.74 Å². The molecule has 0 radical (unpaired) electrons. The molecule has 144 valence electrons. The van der Waals surface area contributed by atoms with Gasteiger partial charge in [0.15, 0.2) is 0 Å². The third-order valence-electron chi connectivity index (χ3n) is 4.10.